The number of hydrogen-bond acceptors (Lipinski definition) is 3. The van der Waals surface area contributed by atoms with Crippen LogP contribution in [0.4, 0.5) is 0 Å². The Balaban J connectivity index is 2.62. The van der Waals surface area contributed by atoms with E-state index in [1.54, 1.807) is 18.3 Å². The second kappa shape index (κ2) is 3.20. The lowest BCUT2D eigenvalue weighted by atomic mass is 10.2. The second-order valence-electron chi connectivity index (χ2n) is 3.17. The SMILES string of the molecule is CC(=O)c1ccc2nc(C(=O)O)cn2c1. The van der Waals surface area contributed by atoms with E-state index in [9.17, 15) is 9.59 Å². The number of hydrogen-bond donors (Lipinski definition) is 1. The molecule has 5 nitrogen and oxygen atoms in total. The number of aromatic carboxylic acids is 1. The van der Waals surface area contributed by atoms with Crippen LogP contribution in [-0.2, 0) is 0 Å². The Morgan fingerprint density at radius 1 is 1.33 bits per heavy atom. The zero-order valence-electron chi connectivity index (χ0n) is 7.97. The molecule has 76 valence electrons. The van der Waals surface area contributed by atoms with Crippen molar-refractivity contribution in [1.29, 1.82) is 0 Å². The molecule has 5 heteroatoms. The summed E-state index contributed by atoms with van der Waals surface area (Å²) < 4.78 is 1.53. The highest BCUT2D eigenvalue weighted by Gasteiger charge is 2.09. The molecular weight excluding hydrogens is 196 g/mol. The van der Waals surface area contributed by atoms with Gasteiger partial charge in [-0.3, -0.25) is 4.79 Å². The first-order chi connectivity index (χ1) is 7.08. The minimum Gasteiger partial charge on any atom is -0.476 e. The first-order valence-electron chi connectivity index (χ1n) is 4.31. The number of rotatable bonds is 2. The standard InChI is InChI=1S/C10H8N2O3/c1-6(13)7-2-3-9-11-8(10(14)15)5-12(9)4-7/h2-5H,1H3,(H,14,15). The molecule has 0 bridgehead atoms. The summed E-state index contributed by atoms with van der Waals surface area (Å²) in [4.78, 5) is 25.6. The molecule has 0 aliphatic carbocycles. The number of ketones is 1. The van der Waals surface area contributed by atoms with Gasteiger partial charge in [0, 0.05) is 18.0 Å². The summed E-state index contributed by atoms with van der Waals surface area (Å²) in [7, 11) is 0. The van der Waals surface area contributed by atoms with Crippen molar-refractivity contribution in [3.8, 4) is 0 Å². The predicted octanol–water partition coefficient (Wildman–Crippen LogP) is 1.24. The third kappa shape index (κ3) is 1.59. The summed E-state index contributed by atoms with van der Waals surface area (Å²) in [5, 5.41) is 8.72. The molecule has 0 saturated heterocycles. The van der Waals surface area contributed by atoms with Gasteiger partial charge in [0.2, 0.25) is 0 Å². The lowest BCUT2D eigenvalue weighted by Crippen LogP contribution is -1.95. The van der Waals surface area contributed by atoms with Crippen molar-refractivity contribution in [2.75, 3.05) is 0 Å². The Bertz CT molecular complexity index is 545. The van der Waals surface area contributed by atoms with E-state index in [2.05, 4.69) is 4.98 Å². The van der Waals surface area contributed by atoms with Gasteiger partial charge in [0.1, 0.15) is 5.65 Å². The molecule has 0 aromatic carbocycles. The fourth-order valence-corrected chi connectivity index (χ4v) is 1.30. The molecule has 0 amide bonds. The van der Waals surface area contributed by atoms with Crippen LogP contribution in [0.15, 0.2) is 24.5 Å². The van der Waals surface area contributed by atoms with E-state index in [1.165, 1.54) is 17.5 Å². The number of carbonyl (C=O) groups excluding carboxylic acids is 1. The van der Waals surface area contributed by atoms with Gasteiger partial charge in [-0.2, -0.15) is 0 Å². The van der Waals surface area contributed by atoms with Gasteiger partial charge in [-0.05, 0) is 19.1 Å². The van der Waals surface area contributed by atoms with Crippen LogP contribution in [0.3, 0.4) is 0 Å². The van der Waals surface area contributed by atoms with Gasteiger partial charge in [-0.25, -0.2) is 9.78 Å². The van der Waals surface area contributed by atoms with E-state index < -0.39 is 5.97 Å². The number of aromatic nitrogens is 2. The zero-order valence-corrected chi connectivity index (χ0v) is 7.97. The van der Waals surface area contributed by atoms with Crippen molar-refractivity contribution in [2.24, 2.45) is 0 Å². The molecule has 1 N–H and O–H groups in total. The van der Waals surface area contributed by atoms with E-state index in [-0.39, 0.29) is 11.5 Å². The molecule has 0 saturated carbocycles. The van der Waals surface area contributed by atoms with Crippen molar-refractivity contribution in [2.45, 2.75) is 6.92 Å². The molecule has 0 aliphatic rings. The highest BCUT2D eigenvalue weighted by molar-refractivity contribution is 5.94. The molecule has 0 spiro atoms. The molecular formula is C10H8N2O3. The van der Waals surface area contributed by atoms with Crippen LogP contribution in [-0.4, -0.2) is 26.2 Å². The third-order valence-corrected chi connectivity index (χ3v) is 2.08. The first-order valence-corrected chi connectivity index (χ1v) is 4.31. The molecule has 2 rings (SSSR count). The Labute approximate surface area is 85.0 Å². The number of Topliss-reactive ketones (excluding diaryl/α,β-unsaturated/α-hetero) is 1. The summed E-state index contributed by atoms with van der Waals surface area (Å²) in [5.74, 6) is -1.15. The minimum atomic E-state index is -1.08. The monoisotopic (exact) mass is 204 g/mol. The molecule has 0 radical (unpaired) electrons. The van der Waals surface area contributed by atoms with Gasteiger partial charge < -0.3 is 9.51 Å². The van der Waals surface area contributed by atoms with Crippen molar-refractivity contribution >= 4 is 17.4 Å². The van der Waals surface area contributed by atoms with E-state index in [1.807, 2.05) is 0 Å². The Hall–Kier alpha value is -2.17. The van der Waals surface area contributed by atoms with Crippen LogP contribution in [0.5, 0.6) is 0 Å². The molecule has 2 aromatic heterocycles. The average molecular weight is 204 g/mol. The number of fused-ring (bicyclic) bond motifs is 1. The zero-order chi connectivity index (χ0) is 11.0. The lowest BCUT2D eigenvalue weighted by Gasteiger charge is -1.96. The van der Waals surface area contributed by atoms with Crippen LogP contribution >= 0.6 is 0 Å². The molecule has 0 fully saturated rings. The summed E-state index contributed by atoms with van der Waals surface area (Å²) in [6.07, 6.45) is 2.95. The number of carboxylic acids is 1. The lowest BCUT2D eigenvalue weighted by molar-refractivity contribution is 0.0691. The van der Waals surface area contributed by atoms with Gasteiger partial charge in [0.05, 0.1) is 0 Å². The second-order valence-corrected chi connectivity index (χ2v) is 3.17. The number of imidazole rings is 1. The fraction of sp³-hybridized carbons (Fsp3) is 0.100. The Morgan fingerprint density at radius 3 is 2.67 bits per heavy atom. The quantitative estimate of drug-likeness (QED) is 0.747. The van der Waals surface area contributed by atoms with E-state index in [4.69, 9.17) is 5.11 Å². The first kappa shape index (κ1) is 9.39. The highest BCUT2D eigenvalue weighted by Crippen LogP contribution is 2.08. The Morgan fingerprint density at radius 2 is 2.07 bits per heavy atom. The normalized spacial score (nSPS) is 10.5. The minimum absolute atomic E-state index is 0.0318. The summed E-state index contributed by atoms with van der Waals surface area (Å²) in [6, 6.07) is 3.24. The summed E-state index contributed by atoms with van der Waals surface area (Å²) >= 11 is 0. The predicted molar refractivity (Wildman–Crippen MR) is 52.2 cm³/mol. The van der Waals surface area contributed by atoms with Crippen molar-refractivity contribution in [3.63, 3.8) is 0 Å². The smallest absolute Gasteiger partial charge is 0.356 e. The molecule has 2 aromatic rings. The van der Waals surface area contributed by atoms with Crippen LogP contribution < -0.4 is 0 Å². The van der Waals surface area contributed by atoms with Gasteiger partial charge >= 0.3 is 5.97 Å². The maximum absolute atomic E-state index is 11.1. The van der Waals surface area contributed by atoms with E-state index in [0.717, 1.165) is 0 Å². The maximum atomic E-state index is 11.1. The van der Waals surface area contributed by atoms with Gasteiger partial charge in [-0.1, -0.05) is 0 Å². The van der Waals surface area contributed by atoms with E-state index in [0.29, 0.717) is 11.2 Å². The number of carboxylic acid groups (broad SMARTS) is 1. The average Bonchev–Trinajstić information content (AvgIpc) is 2.59. The molecule has 15 heavy (non-hydrogen) atoms. The van der Waals surface area contributed by atoms with Gasteiger partial charge in [0.15, 0.2) is 11.5 Å². The van der Waals surface area contributed by atoms with Gasteiger partial charge in [0.25, 0.3) is 0 Å². The van der Waals surface area contributed by atoms with Crippen LogP contribution in [0, 0.1) is 0 Å². The summed E-state index contributed by atoms with van der Waals surface area (Å²) in [5.41, 5.74) is 1.00. The molecule has 0 aliphatic heterocycles. The van der Waals surface area contributed by atoms with Crippen molar-refractivity contribution < 1.29 is 14.7 Å². The Kier molecular flexibility index (Phi) is 2.00. The number of pyridine rings is 1. The highest BCUT2D eigenvalue weighted by atomic mass is 16.4. The topological polar surface area (TPSA) is 71.7 Å². The van der Waals surface area contributed by atoms with Gasteiger partial charge in [-0.15, -0.1) is 0 Å². The van der Waals surface area contributed by atoms with Crippen molar-refractivity contribution in [3.05, 3.63) is 35.8 Å². The third-order valence-electron chi connectivity index (χ3n) is 2.08. The largest absolute Gasteiger partial charge is 0.476 e. The van der Waals surface area contributed by atoms with Crippen molar-refractivity contribution in [1.82, 2.24) is 9.38 Å². The number of nitrogens with zero attached hydrogens (tertiary/aromatic N) is 2. The number of carbonyl (C=O) groups is 2. The molecule has 0 atom stereocenters. The summed E-state index contributed by atoms with van der Waals surface area (Å²) in [6.45, 7) is 1.45. The van der Waals surface area contributed by atoms with E-state index >= 15 is 0 Å². The molecule has 2 heterocycles. The van der Waals surface area contributed by atoms with Crippen LogP contribution in [0.2, 0.25) is 0 Å². The van der Waals surface area contributed by atoms with Crippen LogP contribution in [0.25, 0.3) is 5.65 Å². The maximum Gasteiger partial charge on any atom is 0.356 e. The fourth-order valence-electron chi connectivity index (χ4n) is 1.30. The van der Waals surface area contributed by atoms with Crippen LogP contribution in [0.1, 0.15) is 27.8 Å². The molecule has 0 unspecified atom stereocenters.